The Morgan fingerprint density at radius 1 is 0.621 bits per heavy atom. The molecule has 0 amide bonds. The van der Waals surface area contributed by atoms with Gasteiger partial charge in [-0.3, -0.25) is 0 Å². The second-order valence-corrected chi connectivity index (χ2v) is 12.7. The van der Waals surface area contributed by atoms with Crippen LogP contribution in [0, 0.1) is 27.7 Å². The van der Waals surface area contributed by atoms with Gasteiger partial charge in [0.1, 0.15) is 8.07 Å². The number of allylic oxidation sites excluding steroid dienone is 4. The Morgan fingerprint density at radius 3 is 1.59 bits per heavy atom. The first-order chi connectivity index (χ1) is 13.9. The minimum atomic E-state index is -2.15. The lowest BCUT2D eigenvalue weighted by atomic mass is 10.1. The van der Waals surface area contributed by atoms with Gasteiger partial charge < -0.3 is 0 Å². The molecule has 0 spiro atoms. The van der Waals surface area contributed by atoms with Crippen LogP contribution in [0.25, 0.3) is 5.57 Å². The number of benzene rings is 3. The van der Waals surface area contributed by atoms with Gasteiger partial charge in [0.25, 0.3) is 0 Å². The highest BCUT2D eigenvalue weighted by Gasteiger charge is 2.39. The Morgan fingerprint density at radius 2 is 1.10 bits per heavy atom. The topological polar surface area (TPSA) is 0 Å². The maximum absolute atomic E-state index is 2.54. The van der Waals surface area contributed by atoms with E-state index in [9.17, 15) is 0 Å². The lowest BCUT2D eigenvalue weighted by Crippen LogP contribution is -2.58. The molecule has 0 saturated carbocycles. The third kappa shape index (κ3) is 3.67. The summed E-state index contributed by atoms with van der Waals surface area (Å²) >= 11 is 0. The maximum atomic E-state index is 2.54. The molecule has 3 aromatic carbocycles. The summed E-state index contributed by atoms with van der Waals surface area (Å²) < 4.78 is 0. The van der Waals surface area contributed by atoms with E-state index in [4.69, 9.17) is 0 Å². The van der Waals surface area contributed by atoms with Crippen LogP contribution in [0.5, 0.6) is 0 Å². The molecule has 0 aromatic heterocycles. The number of hydrogen-bond donors (Lipinski definition) is 0. The standard InChI is InChI=1S/C28H30Si/c1-20-14-21(2)17-25(16-20)29(5,26-18-22(3)15-23(4)19-26)28-13-9-12-27(28)24-10-7-6-8-11-24/h6-8,10-19H,9H2,1-5H3. The summed E-state index contributed by atoms with van der Waals surface area (Å²) in [6, 6.07) is 25.2. The molecule has 0 aliphatic heterocycles. The molecule has 1 aliphatic carbocycles. The first-order valence-corrected chi connectivity index (χ1v) is 13.0. The van der Waals surface area contributed by atoms with Crippen LogP contribution in [0.3, 0.4) is 0 Å². The van der Waals surface area contributed by atoms with Gasteiger partial charge in [0.15, 0.2) is 0 Å². The van der Waals surface area contributed by atoms with Crippen molar-refractivity contribution in [3.8, 4) is 0 Å². The summed E-state index contributed by atoms with van der Waals surface area (Å²) in [5, 5.41) is 4.57. The molecule has 3 aromatic rings. The molecule has 146 valence electrons. The molecule has 0 bridgehead atoms. The van der Waals surface area contributed by atoms with E-state index in [-0.39, 0.29) is 0 Å². The lowest BCUT2D eigenvalue weighted by Gasteiger charge is -2.33. The molecule has 0 atom stereocenters. The zero-order valence-electron chi connectivity index (χ0n) is 18.2. The normalized spacial score (nSPS) is 14.0. The Kier molecular flexibility index (Phi) is 5.18. The Labute approximate surface area is 176 Å². The van der Waals surface area contributed by atoms with E-state index in [1.807, 2.05) is 0 Å². The maximum Gasteiger partial charge on any atom is 0.145 e. The fourth-order valence-corrected chi connectivity index (χ4v) is 9.22. The van der Waals surface area contributed by atoms with Crippen LogP contribution in [0.2, 0.25) is 6.55 Å². The zero-order chi connectivity index (χ0) is 20.6. The molecule has 0 nitrogen and oxygen atoms in total. The average Bonchev–Trinajstić information content (AvgIpc) is 3.17. The molecule has 0 saturated heterocycles. The van der Waals surface area contributed by atoms with Gasteiger partial charge in [-0.1, -0.05) is 108 Å². The summed E-state index contributed by atoms with van der Waals surface area (Å²) in [4.78, 5) is 0. The van der Waals surface area contributed by atoms with Crippen molar-refractivity contribution in [3.05, 3.63) is 112 Å². The predicted octanol–water partition coefficient (Wildman–Crippen LogP) is 6.07. The molecular weight excluding hydrogens is 364 g/mol. The predicted molar refractivity (Wildman–Crippen MR) is 130 cm³/mol. The lowest BCUT2D eigenvalue weighted by molar-refractivity contribution is 1.38. The highest BCUT2D eigenvalue weighted by atomic mass is 28.3. The Hall–Kier alpha value is -2.64. The van der Waals surface area contributed by atoms with E-state index in [2.05, 4.69) is 113 Å². The Balaban J connectivity index is 1.97. The van der Waals surface area contributed by atoms with Gasteiger partial charge in [0.2, 0.25) is 0 Å². The van der Waals surface area contributed by atoms with Crippen molar-refractivity contribution in [1.82, 2.24) is 0 Å². The zero-order valence-corrected chi connectivity index (χ0v) is 19.2. The largest absolute Gasteiger partial charge is 0.145 e. The third-order valence-corrected chi connectivity index (χ3v) is 10.6. The van der Waals surface area contributed by atoms with Crippen molar-refractivity contribution >= 4 is 24.0 Å². The summed E-state index contributed by atoms with van der Waals surface area (Å²) in [5.41, 5.74) is 8.18. The fourth-order valence-electron chi connectivity index (χ4n) is 4.88. The summed E-state index contributed by atoms with van der Waals surface area (Å²) in [7, 11) is -2.15. The van der Waals surface area contributed by atoms with Crippen LogP contribution in [0.15, 0.2) is 84.1 Å². The number of rotatable bonds is 4. The molecule has 29 heavy (non-hydrogen) atoms. The van der Waals surface area contributed by atoms with Gasteiger partial charge in [0, 0.05) is 0 Å². The first-order valence-electron chi connectivity index (χ1n) is 10.5. The van der Waals surface area contributed by atoms with Crippen LogP contribution in [0.1, 0.15) is 34.2 Å². The fraction of sp³-hybridized carbons (Fsp3) is 0.214. The van der Waals surface area contributed by atoms with Gasteiger partial charge in [0.05, 0.1) is 0 Å². The second-order valence-electron chi connectivity index (χ2n) is 8.72. The second kappa shape index (κ2) is 7.65. The van der Waals surface area contributed by atoms with Crippen LogP contribution < -0.4 is 10.4 Å². The minimum absolute atomic E-state index is 1.03. The molecule has 0 fully saturated rings. The summed E-state index contributed by atoms with van der Waals surface area (Å²) in [5.74, 6) is 0. The van der Waals surface area contributed by atoms with Crippen molar-refractivity contribution in [1.29, 1.82) is 0 Å². The smallest absolute Gasteiger partial charge is 0.0801 e. The monoisotopic (exact) mass is 394 g/mol. The van der Waals surface area contributed by atoms with Crippen LogP contribution in [-0.2, 0) is 0 Å². The van der Waals surface area contributed by atoms with Crippen molar-refractivity contribution in [2.75, 3.05) is 0 Å². The van der Waals surface area contributed by atoms with Gasteiger partial charge in [-0.2, -0.15) is 0 Å². The quantitative estimate of drug-likeness (QED) is 0.471. The van der Waals surface area contributed by atoms with E-state index in [1.165, 1.54) is 43.8 Å². The van der Waals surface area contributed by atoms with Gasteiger partial charge in [-0.25, -0.2) is 0 Å². The SMILES string of the molecule is Cc1cc(C)cc([Si](C)(C2=CCC=C2c2ccccc2)c2cc(C)cc(C)c2)c1. The summed E-state index contributed by atoms with van der Waals surface area (Å²) in [6.07, 6.45) is 5.93. The van der Waals surface area contributed by atoms with Crippen LogP contribution >= 0.6 is 0 Å². The molecular formula is C28H30Si. The van der Waals surface area contributed by atoms with Gasteiger partial charge in [-0.15, -0.1) is 0 Å². The van der Waals surface area contributed by atoms with E-state index in [0.29, 0.717) is 0 Å². The van der Waals surface area contributed by atoms with Crippen molar-refractivity contribution in [2.24, 2.45) is 0 Å². The average molecular weight is 395 g/mol. The van der Waals surface area contributed by atoms with Crippen molar-refractivity contribution in [3.63, 3.8) is 0 Å². The minimum Gasteiger partial charge on any atom is -0.0801 e. The van der Waals surface area contributed by atoms with Crippen molar-refractivity contribution < 1.29 is 0 Å². The van der Waals surface area contributed by atoms with Crippen LogP contribution in [-0.4, -0.2) is 8.07 Å². The molecule has 1 aliphatic rings. The van der Waals surface area contributed by atoms with E-state index >= 15 is 0 Å². The van der Waals surface area contributed by atoms with E-state index < -0.39 is 8.07 Å². The van der Waals surface area contributed by atoms with E-state index in [1.54, 1.807) is 5.20 Å². The summed E-state index contributed by atoms with van der Waals surface area (Å²) in [6.45, 7) is 11.4. The molecule has 4 rings (SSSR count). The molecule has 1 heteroatoms. The molecule has 0 radical (unpaired) electrons. The molecule has 0 unspecified atom stereocenters. The Bertz CT molecular complexity index is 1020. The van der Waals surface area contributed by atoms with Crippen LogP contribution in [0.4, 0.5) is 0 Å². The van der Waals surface area contributed by atoms with E-state index in [0.717, 1.165) is 6.42 Å². The van der Waals surface area contributed by atoms with Gasteiger partial charge in [-0.05, 0) is 60.8 Å². The molecule has 0 N–H and O–H groups in total. The number of aryl methyl sites for hydroxylation is 4. The molecule has 0 heterocycles. The third-order valence-electron chi connectivity index (χ3n) is 6.16. The number of hydrogen-bond acceptors (Lipinski definition) is 0. The van der Waals surface area contributed by atoms with Gasteiger partial charge >= 0.3 is 0 Å². The van der Waals surface area contributed by atoms with Crippen molar-refractivity contribution in [2.45, 2.75) is 40.7 Å². The highest BCUT2D eigenvalue weighted by Crippen LogP contribution is 2.35. The first kappa shape index (κ1) is 19.7. The highest BCUT2D eigenvalue weighted by molar-refractivity contribution is 7.08.